The van der Waals surface area contributed by atoms with E-state index in [2.05, 4.69) is 0 Å². The number of nitrogens with zero attached hydrogens (tertiary/aromatic N) is 1. The van der Waals surface area contributed by atoms with E-state index in [1.807, 2.05) is 85.7 Å². The number of ketones is 2. The fourth-order valence-corrected chi connectivity index (χ4v) is 6.72. The van der Waals surface area contributed by atoms with Gasteiger partial charge < -0.3 is 30.3 Å². The van der Waals surface area contributed by atoms with Gasteiger partial charge in [-0.2, -0.15) is 0 Å². The average Bonchev–Trinajstić information content (AvgIpc) is 3.01. The van der Waals surface area contributed by atoms with E-state index in [9.17, 15) is 24.6 Å². The Bertz CT molecular complexity index is 1710. The lowest BCUT2D eigenvalue weighted by Crippen LogP contribution is -2.61. The smallest absolute Gasteiger partial charge is 0.255 e. The lowest BCUT2D eigenvalue weighted by atomic mass is 9.58. The molecule has 0 heterocycles. The first kappa shape index (κ1) is 29.2. The van der Waals surface area contributed by atoms with Crippen LogP contribution in [-0.2, 0) is 38.8 Å². The summed E-state index contributed by atoms with van der Waals surface area (Å²) in [7, 11) is 3.79. The van der Waals surface area contributed by atoms with Crippen LogP contribution in [0.5, 0.6) is 5.75 Å². The number of primary amides is 1. The van der Waals surface area contributed by atoms with Gasteiger partial charge in [-0.3, -0.25) is 14.4 Å². The van der Waals surface area contributed by atoms with Crippen molar-refractivity contribution in [2.24, 2.45) is 17.6 Å². The maximum atomic E-state index is 14.2. The molecule has 9 nitrogen and oxygen atoms in total. The molecule has 3 aromatic rings. The largest absolute Gasteiger partial charge is 0.507 e. The summed E-state index contributed by atoms with van der Waals surface area (Å²) in [5.41, 5.74) is 6.24. The maximum absolute atomic E-state index is 14.2. The molecule has 3 unspecified atom stereocenters. The Morgan fingerprint density at radius 2 is 1.52 bits per heavy atom. The van der Waals surface area contributed by atoms with E-state index in [-0.39, 0.29) is 43.1 Å². The molecule has 3 aromatic carbocycles. The topological polar surface area (TPSA) is 139 Å². The number of allylic oxidation sites excluding steroid dienone is 1. The van der Waals surface area contributed by atoms with Crippen molar-refractivity contribution in [2.45, 2.75) is 38.1 Å². The highest BCUT2D eigenvalue weighted by molar-refractivity contribution is 6.32. The number of hydrogen-bond donors (Lipinski definition) is 3. The highest BCUT2D eigenvalue weighted by Gasteiger charge is 2.62. The number of Topliss-reactive ketones (excluding diaryl/α,β-unsaturated/α-hetero) is 2. The van der Waals surface area contributed by atoms with Crippen molar-refractivity contribution in [2.75, 3.05) is 19.0 Å². The van der Waals surface area contributed by atoms with E-state index in [4.69, 9.17) is 15.2 Å². The minimum absolute atomic E-state index is 0.0305. The Hall–Kier alpha value is -4.89. The van der Waals surface area contributed by atoms with Crippen LogP contribution in [0.1, 0.15) is 35.1 Å². The fourth-order valence-electron chi connectivity index (χ4n) is 6.72. The number of aliphatic hydroxyl groups is 2. The Balaban J connectivity index is 1.40. The number of aliphatic hydroxyl groups excluding tert-OH is 1. The Kier molecular flexibility index (Phi) is 7.51. The number of hydrogen-bond acceptors (Lipinski definition) is 8. The fraction of sp³-hybridized carbons (Fsp3) is 0.286. The number of nitrogens with two attached hydrogens (primary N) is 1. The van der Waals surface area contributed by atoms with Crippen LogP contribution in [0.2, 0.25) is 0 Å². The molecule has 226 valence electrons. The first-order valence-electron chi connectivity index (χ1n) is 14.6. The molecular formula is C35H34N2O7. The second kappa shape index (κ2) is 11.3. The molecule has 0 saturated heterocycles. The molecule has 44 heavy (non-hydrogen) atoms. The van der Waals surface area contributed by atoms with E-state index < -0.39 is 40.5 Å². The van der Waals surface area contributed by atoms with Crippen LogP contribution < -0.4 is 15.4 Å². The van der Waals surface area contributed by atoms with Crippen molar-refractivity contribution in [3.8, 4) is 5.75 Å². The van der Waals surface area contributed by atoms with E-state index in [0.29, 0.717) is 17.7 Å². The number of amides is 1. The predicted octanol–water partition coefficient (Wildman–Crippen LogP) is 4.02. The van der Waals surface area contributed by atoms with Crippen molar-refractivity contribution in [1.29, 1.82) is 0 Å². The van der Waals surface area contributed by atoms with Gasteiger partial charge >= 0.3 is 0 Å². The molecular weight excluding hydrogens is 560 g/mol. The molecule has 0 aromatic heterocycles. The zero-order chi connectivity index (χ0) is 31.2. The molecule has 0 spiro atoms. The highest BCUT2D eigenvalue weighted by atomic mass is 16.5. The molecule has 1 fully saturated rings. The third-order valence-electron chi connectivity index (χ3n) is 8.86. The second-order valence-corrected chi connectivity index (χ2v) is 11.8. The summed E-state index contributed by atoms with van der Waals surface area (Å²) in [5.74, 6) is -4.35. The summed E-state index contributed by atoms with van der Waals surface area (Å²) in [6.45, 7) is 0.317. The second-order valence-electron chi connectivity index (χ2n) is 11.8. The average molecular weight is 595 g/mol. The SMILES string of the molecule is CN(C)c1ccc(OCc2ccccc2)c2c1CC1CC3CC(OCc4ccccc4)=C(C(N)=O)C(=O)C3(O)C(=O)C1=C2O. The van der Waals surface area contributed by atoms with Crippen LogP contribution in [0.25, 0.3) is 5.76 Å². The number of carbonyl (C=O) groups is 3. The lowest BCUT2D eigenvalue weighted by Gasteiger charge is -2.46. The predicted molar refractivity (Wildman–Crippen MR) is 163 cm³/mol. The zero-order valence-electron chi connectivity index (χ0n) is 24.6. The molecule has 0 aliphatic heterocycles. The van der Waals surface area contributed by atoms with Crippen LogP contribution in [0.3, 0.4) is 0 Å². The van der Waals surface area contributed by atoms with Gasteiger partial charge in [0.25, 0.3) is 5.91 Å². The van der Waals surface area contributed by atoms with Crippen molar-refractivity contribution in [3.05, 3.63) is 112 Å². The maximum Gasteiger partial charge on any atom is 0.255 e. The minimum atomic E-state index is -2.56. The number of rotatable bonds is 8. The van der Waals surface area contributed by atoms with Gasteiger partial charge in [0.2, 0.25) is 11.6 Å². The summed E-state index contributed by atoms with van der Waals surface area (Å²) in [6, 6.07) is 22.4. The number of carbonyl (C=O) groups excluding carboxylic acids is 3. The molecule has 1 amide bonds. The Labute approximate surface area is 255 Å². The van der Waals surface area contributed by atoms with Crippen LogP contribution in [0, 0.1) is 11.8 Å². The number of anilines is 1. The van der Waals surface area contributed by atoms with Gasteiger partial charge in [0.1, 0.15) is 36.1 Å². The normalized spacial score (nSPS) is 22.6. The lowest BCUT2D eigenvalue weighted by molar-refractivity contribution is -0.158. The van der Waals surface area contributed by atoms with Gasteiger partial charge in [-0.25, -0.2) is 0 Å². The molecule has 3 aliphatic rings. The van der Waals surface area contributed by atoms with Gasteiger partial charge in [0.15, 0.2) is 5.60 Å². The molecule has 3 atom stereocenters. The zero-order valence-corrected chi connectivity index (χ0v) is 24.6. The molecule has 9 heteroatoms. The van der Waals surface area contributed by atoms with Crippen molar-refractivity contribution >= 4 is 28.9 Å². The Morgan fingerprint density at radius 3 is 2.11 bits per heavy atom. The van der Waals surface area contributed by atoms with Gasteiger partial charge in [-0.05, 0) is 47.6 Å². The summed E-state index contributed by atoms with van der Waals surface area (Å²) in [5, 5.41) is 23.6. The van der Waals surface area contributed by atoms with Crippen molar-refractivity contribution < 1.29 is 34.1 Å². The summed E-state index contributed by atoms with van der Waals surface area (Å²) in [4.78, 5) is 42.4. The van der Waals surface area contributed by atoms with Crippen molar-refractivity contribution in [1.82, 2.24) is 0 Å². The van der Waals surface area contributed by atoms with E-state index in [1.54, 1.807) is 6.07 Å². The molecule has 6 rings (SSSR count). The van der Waals surface area contributed by atoms with Gasteiger partial charge in [-0.15, -0.1) is 0 Å². The van der Waals surface area contributed by atoms with Gasteiger partial charge in [-0.1, -0.05) is 60.7 Å². The summed E-state index contributed by atoms with van der Waals surface area (Å²) < 4.78 is 12.1. The highest BCUT2D eigenvalue weighted by Crippen LogP contribution is 2.53. The number of fused-ring (bicyclic) bond motifs is 3. The van der Waals surface area contributed by atoms with Crippen molar-refractivity contribution in [3.63, 3.8) is 0 Å². The Morgan fingerprint density at radius 1 is 0.909 bits per heavy atom. The molecule has 3 aliphatic carbocycles. The molecule has 4 N–H and O–H groups in total. The van der Waals surface area contributed by atoms with E-state index in [0.717, 1.165) is 22.4 Å². The third kappa shape index (κ3) is 4.83. The van der Waals surface area contributed by atoms with Crippen LogP contribution in [-0.4, -0.2) is 47.4 Å². The minimum Gasteiger partial charge on any atom is -0.507 e. The first-order chi connectivity index (χ1) is 21.1. The van der Waals surface area contributed by atoms with Gasteiger partial charge in [0, 0.05) is 37.7 Å². The monoisotopic (exact) mass is 594 g/mol. The van der Waals surface area contributed by atoms with Gasteiger partial charge in [0.05, 0.1) is 5.56 Å². The first-order valence-corrected chi connectivity index (χ1v) is 14.6. The molecule has 0 radical (unpaired) electrons. The van der Waals surface area contributed by atoms with E-state index >= 15 is 0 Å². The van der Waals surface area contributed by atoms with E-state index in [1.165, 1.54) is 0 Å². The van der Waals surface area contributed by atoms with Crippen LogP contribution >= 0.6 is 0 Å². The molecule has 0 bridgehead atoms. The summed E-state index contributed by atoms with van der Waals surface area (Å²) >= 11 is 0. The third-order valence-corrected chi connectivity index (χ3v) is 8.86. The van der Waals surface area contributed by atoms with Crippen LogP contribution in [0.15, 0.2) is 89.7 Å². The van der Waals surface area contributed by atoms with Crippen LogP contribution in [0.4, 0.5) is 5.69 Å². The molecule has 1 saturated carbocycles. The number of benzene rings is 3. The summed E-state index contributed by atoms with van der Waals surface area (Å²) in [6.07, 6.45) is 0.556. The number of ether oxygens (including phenoxy) is 2. The quantitative estimate of drug-likeness (QED) is 0.263. The standard InChI is InChI=1S/C35H34N2O7/c1-37(2)25-13-14-26(43-18-20-9-5-3-6-10-20)29-24(25)16-22-15-23-17-27(44-19-21-11-7-4-8-12-21)30(34(36)41)33(40)35(23,42)32(39)28(22)31(29)38/h3-14,22-23,38,42H,15-19H2,1-2H3,(H2,36,41).